The van der Waals surface area contributed by atoms with Gasteiger partial charge in [-0.05, 0) is 27.9 Å². The van der Waals surface area contributed by atoms with E-state index >= 15 is 0 Å². The van der Waals surface area contributed by atoms with Gasteiger partial charge in [-0.2, -0.15) is 0 Å². The molecule has 0 bridgehead atoms. The molecule has 2 atom stereocenters. The van der Waals surface area contributed by atoms with Crippen LogP contribution in [0.3, 0.4) is 0 Å². The topological polar surface area (TPSA) is 172 Å². The molecule has 2 unspecified atom stereocenters. The van der Waals surface area contributed by atoms with Crippen LogP contribution in [-0.4, -0.2) is 238 Å². The summed E-state index contributed by atoms with van der Waals surface area (Å²) in [6.45, 7) is 21.1. The Morgan fingerprint density at radius 3 is 0.429 bits per heavy atom. The second kappa shape index (κ2) is 50.4. The van der Waals surface area contributed by atoms with Crippen LogP contribution in [0.5, 0.6) is 0 Å². The second-order valence-corrected chi connectivity index (χ2v) is 12.1. The lowest BCUT2D eigenvalue weighted by atomic mass is 10.4. The number of ether oxygens (including phenoxy) is 16. The summed E-state index contributed by atoms with van der Waals surface area (Å²) < 4.78 is 87.8. The Kier molecular flexibility index (Phi) is 49.8. The maximum absolute atomic E-state index is 5.50. The molecule has 0 aliphatic rings. The lowest BCUT2D eigenvalue weighted by molar-refractivity contribution is -0.0305. The molecular formula is C38H80N2O16. The van der Waals surface area contributed by atoms with E-state index in [1.54, 1.807) is 0 Å². The van der Waals surface area contributed by atoms with E-state index in [1.165, 1.54) is 0 Å². The first kappa shape index (κ1) is 55.3. The van der Waals surface area contributed by atoms with Crippen LogP contribution < -0.4 is 10.6 Å². The van der Waals surface area contributed by atoms with Gasteiger partial charge in [-0.15, -0.1) is 0 Å². The summed E-state index contributed by atoms with van der Waals surface area (Å²) in [4.78, 5) is 0. The summed E-state index contributed by atoms with van der Waals surface area (Å²) in [5.74, 6) is 0. The van der Waals surface area contributed by atoms with Crippen molar-refractivity contribution in [2.45, 2.75) is 25.9 Å². The van der Waals surface area contributed by atoms with Crippen molar-refractivity contribution in [2.24, 2.45) is 0 Å². The molecule has 56 heavy (non-hydrogen) atoms. The number of likely N-dealkylation sites (N-methyl/N-ethyl adjacent to an activating group) is 2. The Morgan fingerprint density at radius 1 is 0.214 bits per heavy atom. The lowest BCUT2D eigenvalue weighted by Gasteiger charge is -2.11. The molecule has 0 aromatic rings. The highest BCUT2D eigenvalue weighted by atomic mass is 16.6. The minimum absolute atomic E-state index is 0.344. The van der Waals surface area contributed by atoms with Crippen molar-refractivity contribution in [2.75, 3.05) is 226 Å². The van der Waals surface area contributed by atoms with Gasteiger partial charge in [0.2, 0.25) is 0 Å². The summed E-state index contributed by atoms with van der Waals surface area (Å²) in [5.41, 5.74) is 0. The van der Waals surface area contributed by atoms with Crippen LogP contribution in [0.1, 0.15) is 13.8 Å². The van der Waals surface area contributed by atoms with Gasteiger partial charge in [0.05, 0.1) is 211 Å². The largest absolute Gasteiger partial charge is 0.377 e. The van der Waals surface area contributed by atoms with E-state index in [4.69, 9.17) is 75.8 Å². The van der Waals surface area contributed by atoms with Gasteiger partial charge in [-0.3, -0.25) is 0 Å². The van der Waals surface area contributed by atoms with E-state index < -0.39 is 0 Å². The molecule has 18 heteroatoms. The van der Waals surface area contributed by atoms with E-state index in [0.717, 1.165) is 0 Å². The van der Waals surface area contributed by atoms with Crippen LogP contribution in [0.4, 0.5) is 0 Å². The molecule has 0 radical (unpaired) electrons. The van der Waals surface area contributed by atoms with Crippen molar-refractivity contribution in [3.05, 3.63) is 0 Å². The molecule has 0 heterocycles. The fourth-order valence-corrected chi connectivity index (χ4v) is 3.88. The van der Waals surface area contributed by atoms with Crippen LogP contribution in [0.25, 0.3) is 0 Å². The first-order valence-electron chi connectivity index (χ1n) is 20.3. The van der Waals surface area contributed by atoms with Crippen molar-refractivity contribution < 1.29 is 75.8 Å². The summed E-state index contributed by atoms with van der Waals surface area (Å²) in [7, 11) is 3.83. The Hall–Kier alpha value is -0.720. The normalized spacial score (nSPS) is 12.9. The average molecular weight is 821 g/mol. The van der Waals surface area contributed by atoms with E-state index in [0.29, 0.717) is 224 Å². The summed E-state index contributed by atoms with van der Waals surface area (Å²) in [6, 6.07) is 0.688. The zero-order valence-electron chi connectivity index (χ0n) is 35.3. The van der Waals surface area contributed by atoms with Crippen molar-refractivity contribution in [1.29, 1.82) is 0 Å². The first-order chi connectivity index (χ1) is 27.7. The summed E-state index contributed by atoms with van der Waals surface area (Å²) >= 11 is 0. The van der Waals surface area contributed by atoms with Gasteiger partial charge in [-0.1, -0.05) is 0 Å². The van der Waals surface area contributed by atoms with Gasteiger partial charge in [0, 0.05) is 12.1 Å². The molecule has 0 spiro atoms. The van der Waals surface area contributed by atoms with Crippen molar-refractivity contribution in [3.63, 3.8) is 0 Å². The van der Waals surface area contributed by atoms with E-state index in [9.17, 15) is 0 Å². The van der Waals surface area contributed by atoms with Crippen molar-refractivity contribution in [1.82, 2.24) is 10.6 Å². The van der Waals surface area contributed by atoms with E-state index in [1.807, 2.05) is 14.1 Å². The first-order valence-corrected chi connectivity index (χ1v) is 20.3. The molecule has 2 N–H and O–H groups in total. The molecule has 338 valence electrons. The van der Waals surface area contributed by atoms with Crippen LogP contribution in [-0.2, 0) is 75.8 Å². The Labute approximate surface area is 337 Å². The lowest BCUT2D eigenvalue weighted by Crippen LogP contribution is -2.27. The fourth-order valence-electron chi connectivity index (χ4n) is 3.88. The van der Waals surface area contributed by atoms with Crippen LogP contribution in [0, 0.1) is 0 Å². The second-order valence-electron chi connectivity index (χ2n) is 12.1. The highest BCUT2D eigenvalue weighted by Crippen LogP contribution is 1.90. The molecule has 0 aromatic heterocycles. The molecule has 0 saturated heterocycles. The third kappa shape index (κ3) is 49.4. The fraction of sp³-hybridized carbons (Fsp3) is 1.00. The third-order valence-corrected chi connectivity index (χ3v) is 7.30. The molecule has 0 aromatic carbocycles. The molecule has 0 fully saturated rings. The number of hydrogen-bond acceptors (Lipinski definition) is 18. The van der Waals surface area contributed by atoms with Crippen LogP contribution in [0.15, 0.2) is 0 Å². The Bertz CT molecular complexity index is 654. The predicted octanol–water partition coefficient (Wildman–Crippen LogP) is 0.468. The van der Waals surface area contributed by atoms with Crippen molar-refractivity contribution >= 4 is 0 Å². The molecule has 0 rings (SSSR count). The van der Waals surface area contributed by atoms with Crippen LogP contribution >= 0.6 is 0 Å². The number of hydrogen-bond donors (Lipinski definition) is 2. The Morgan fingerprint density at radius 2 is 0.321 bits per heavy atom. The summed E-state index contributed by atoms with van der Waals surface area (Å²) in [5, 5.41) is 6.24. The predicted molar refractivity (Wildman–Crippen MR) is 210 cm³/mol. The highest BCUT2D eigenvalue weighted by Gasteiger charge is 2.00. The minimum Gasteiger partial charge on any atom is -0.377 e. The van der Waals surface area contributed by atoms with Crippen LogP contribution in [0.2, 0.25) is 0 Å². The minimum atomic E-state index is 0.344. The van der Waals surface area contributed by atoms with Gasteiger partial charge in [0.25, 0.3) is 0 Å². The number of nitrogens with one attached hydrogen (secondary N) is 2. The molecule has 0 amide bonds. The van der Waals surface area contributed by atoms with Crippen molar-refractivity contribution in [3.8, 4) is 0 Å². The zero-order chi connectivity index (χ0) is 40.5. The smallest absolute Gasteiger partial charge is 0.0701 e. The third-order valence-electron chi connectivity index (χ3n) is 7.30. The molecule has 18 nitrogen and oxygen atoms in total. The SMILES string of the molecule is CNC(C)COCCOCCOCCOCCOCCOCCOCCOCCOCCOCCOCCOCCOCCOCCOCCOCC(C)NC. The molecule has 0 saturated carbocycles. The maximum atomic E-state index is 5.50. The monoisotopic (exact) mass is 821 g/mol. The van der Waals surface area contributed by atoms with E-state index in [-0.39, 0.29) is 0 Å². The molecular weight excluding hydrogens is 740 g/mol. The van der Waals surface area contributed by atoms with Gasteiger partial charge in [0.15, 0.2) is 0 Å². The van der Waals surface area contributed by atoms with Gasteiger partial charge >= 0.3 is 0 Å². The molecule has 0 aliphatic heterocycles. The molecule has 0 aliphatic carbocycles. The zero-order valence-corrected chi connectivity index (χ0v) is 35.3. The maximum Gasteiger partial charge on any atom is 0.0701 e. The van der Waals surface area contributed by atoms with Gasteiger partial charge in [-0.25, -0.2) is 0 Å². The summed E-state index contributed by atoms with van der Waals surface area (Å²) in [6.07, 6.45) is 0. The van der Waals surface area contributed by atoms with Gasteiger partial charge < -0.3 is 86.4 Å². The quantitative estimate of drug-likeness (QED) is 0.0811. The number of rotatable bonds is 51. The Balaban J connectivity index is 3.07. The standard InChI is InChI=1S/C38H80N2O16/c1-37(39-3)35-55-33-31-53-29-27-51-25-23-49-21-19-47-17-15-45-13-11-43-9-7-41-5-6-42-8-10-44-12-14-46-16-18-48-20-22-50-24-26-52-28-30-54-32-34-56-36-38(2)40-4/h37-40H,5-36H2,1-4H3. The van der Waals surface area contributed by atoms with Gasteiger partial charge in [0.1, 0.15) is 0 Å². The van der Waals surface area contributed by atoms with E-state index in [2.05, 4.69) is 24.5 Å². The average Bonchev–Trinajstić information content (AvgIpc) is 3.21. The highest BCUT2D eigenvalue weighted by molar-refractivity contribution is 4.54.